The lowest BCUT2D eigenvalue weighted by Crippen LogP contribution is -2.24. The number of hydrogen-bond donors (Lipinski definition) is 0. The molecule has 0 saturated carbocycles. The summed E-state index contributed by atoms with van der Waals surface area (Å²) >= 11 is 0. The Kier molecular flexibility index (Phi) is 4.97. The van der Waals surface area contributed by atoms with E-state index in [9.17, 15) is 4.79 Å². The normalized spacial score (nSPS) is 25.0. The molecule has 1 fully saturated rings. The van der Waals surface area contributed by atoms with Crippen molar-refractivity contribution in [1.82, 2.24) is 0 Å². The summed E-state index contributed by atoms with van der Waals surface area (Å²) in [5.74, 6) is -0.337. The molecule has 1 heterocycles. The highest BCUT2D eigenvalue weighted by Crippen LogP contribution is 2.38. The number of allylic oxidation sites excluding steroid dienone is 1. The molecule has 0 aliphatic carbocycles. The van der Waals surface area contributed by atoms with Gasteiger partial charge < -0.3 is 9.47 Å². The van der Waals surface area contributed by atoms with Gasteiger partial charge in [-0.3, -0.25) is 0 Å². The fraction of sp³-hybridized carbons (Fsp3) is 0.389. The maximum absolute atomic E-state index is 11.4. The van der Waals surface area contributed by atoms with E-state index in [0.29, 0.717) is 6.61 Å². The summed E-state index contributed by atoms with van der Waals surface area (Å²) in [6.07, 6.45) is 6.47. The van der Waals surface area contributed by atoms with Crippen LogP contribution in [-0.4, -0.2) is 25.8 Å². The average Bonchev–Trinajstić information content (AvgIpc) is 2.89. The van der Waals surface area contributed by atoms with Gasteiger partial charge in [0.25, 0.3) is 0 Å². The molecule has 1 aromatic carbocycles. The standard InChI is InChI=1S/C18H22O3/c1-14(2)11-16-12-18(13-21-16,10-9-17(19)20-3)15-7-5-4-6-8-15/h4-11,16H,12-13H2,1-3H3/b10-9+/t16-,18+/m1/s1. The largest absolute Gasteiger partial charge is 0.466 e. The fourth-order valence-electron chi connectivity index (χ4n) is 2.69. The monoisotopic (exact) mass is 286 g/mol. The first-order valence-corrected chi connectivity index (χ1v) is 7.15. The number of ether oxygens (including phenoxy) is 2. The summed E-state index contributed by atoms with van der Waals surface area (Å²) < 4.78 is 10.6. The van der Waals surface area contributed by atoms with Crippen LogP contribution in [0.2, 0.25) is 0 Å². The van der Waals surface area contributed by atoms with E-state index in [-0.39, 0.29) is 17.5 Å². The Balaban J connectivity index is 2.31. The first-order valence-electron chi connectivity index (χ1n) is 7.15. The second kappa shape index (κ2) is 6.72. The van der Waals surface area contributed by atoms with Crippen LogP contribution < -0.4 is 0 Å². The Labute approximate surface area is 126 Å². The van der Waals surface area contributed by atoms with E-state index in [1.54, 1.807) is 0 Å². The number of methoxy groups -OCH3 is 1. The molecule has 2 atom stereocenters. The molecule has 3 heteroatoms. The van der Waals surface area contributed by atoms with Gasteiger partial charge in [0.1, 0.15) is 0 Å². The lowest BCUT2D eigenvalue weighted by molar-refractivity contribution is -0.134. The molecule has 0 unspecified atom stereocenters. The van der Waals surface area contributed by atoms with Gasteiger partial charge >= 0.3 is 5.97 Å². The highest BCUT2D eigenvalue weighted by molar-refractivity contribution is 5.82. The third kappa shape index (κ3) is 3.82. The van der Waals surface area contributed by atoms with Crippen LogP contribution in [0.5, 0.6) is 0 Å². The van der Waals surface area contributed by atoms with Gasteiger partial charge in [-0.2, -0.15) is 0 Å². The number of esters is 1. The third-order valence-corrected chi connectivity index (χ3v) is 3.73. The van der Waals surface area contributed by atoms with Crippen molar-refractivity contribution in [2.45, 2.75) is 31.8 Å². The molecule has 0 bridgehead atoms. The quantitative estimate of drug-likeness (QED) is 0.483. The Bertz CT molecular complexity index is 541. The molecule has 112 valence electrons. The third-order valence-electron chi connectivity index (χ3n) is 3.73. The molecule has 0 amide bonds. The summed E-state index contributed by atoms with van der Waals surface area (Å²) in [6, 6.07) is 10.2. The minimum Gasteiger partial charge on any atom is -0.466 e. The van der Waals surface area contributed by atoms with Crippen molar-refractivity contribution in [2.24, 2.45) is 0 Å². The van der Waals surface area contributed by atoms with Crippen LogP contribution in [0.3, 0.4) is 0 Å². The van der Waals surface area contributed by atoms with E-state index in [2.05, 4.69) is 32.1 Å². The number of carbonyl (C=O) groups excluding carboxylic acids is 1. The fourth-order valence-corrected chi connectivity index (χ4v) is 2.69. The molecule has 3 nitrogen and oxygen atoms in total. The molecule has 0 radical (unpaired) electrons. The first kappa shape index (κ1) is 15.5. The summed E-state index contributed by atoms with van der Waals surface area (Å²) in [6.45, 7) is 4.70. The zero-order valence-electron chi connectivity index (χ0n) is 12.8. The molecule has 1 saturated heterocycles. The minimum atomic E-state index is -0.337. The van der Waals surface area contributed by atoms with Crippen LogP contribution in [0, 0.1) is 0 Å². The lowest BCUT2D eigenvalue weighted by atomic mass is 9.78. The molecule has 21 heavy (non-hydrogen) atoms. The summed E-state index contributed by atoms with van der Waals surface area (Å²) in [4.78, 5) is 11.4. The number of hydrogen-bond acceptors (Lipinski definition) is 3. The van der Waals surface area contributed by atoms with Crippen LogP contribution in [0.15, 0.2) is 54.1 Å². The predicted octanol–water partition coefficient (Wildman–Crippen LogP) is 3.41. The molecule has 1 aromatic rings. The summed E-state index contributed by atoms with van der Waals surface area (Å²) in [5.41, 5.74) is 2.13. The molecule has 0 N–H and O–H groups in total. The van der Waals surface area contributed by atoms with Crippen molar-refractivity contribution in [3.63, 3.8) is 0 Å². The maximum Gasteiger partial charge on any atom is 0.330 e. The second-order valence-electron chi connectivity index (χ2n) is 5.68. The van der Waals surface area contributed by atoms with Crippen LogP contribution in [0.4, 0.5) is 0 Å². The minimum absolute atomic E-state index is 0.0810. The molecule has 2 rings (SSSR count). The summed E-state index contributed by atoms with van der Waals surface area (Å²) in [5, 5.41) is 0. The Morgan fingerprint density at radius 3 is 2.67 bits per heavy atom. The maximum atomic E-state index is 11.4. The van der Waals surface area contributed by atoms with Crippen molar-refractivity contribution in [3.05, 3.63) is 59.7 Å². The van der Waals surface area contributed by atoms with Gasteiger partial charge in [0.05, 0.1) is 19.8 Å². The van der Waals surface area contributed by atoms with Gasteiger partial charge in [-0.05, 0) is 25.8 Å². The highest BCUT2D eigenvalue weighted by atomic mass is 16.5. The summed E-state index contributed by atoms with van der Waals surface area (Å²) in [7, 11) is 1.39. The molecule has 1 aliphatic heterocycles. The van der Waals surface area contributed by atoms with Crippen LogP contribution in [0.25, 0.3) is 0 Å². The van der Waals surface area contributed by atoms with Gasteiger partial charge in [-0.15, -0.1) is 0 Å². The molecule has 1 aliphatic rings. The zero-order chi connectivity index (χ0) is 15.3. The highest BCUT2D eigenvalue weighted by Gasteiger charge is 2.39. The van der Waals surface area contributed by atoms with Gasteiger partial charge in [-0.1, -0.05) is 48.1 Å². The Morgan fingerprint density at radius 1 is 1.33 bits per heavy atom. The van der Waals surface area contributed by atoms with E-state index in [4.69, 9.17) is 9.47 Å². The average molecular weight is 286 g/mol. The van der Waals surface area contributed by atoms with Crippen LogP contribution >= 0.6 is 0 Å². The first-order chi connectivity index (χ1) is 10.1. The topological polar surface area (TPSA) is 35.5 Å². The Morgan fingerprint density at radius 2 is 2.05 bits per heavy atom. The zero-order valence-corrected chi connectivity index (χ0v) is 12.8. The molecule has 0 spiro atoms. The second-order valence-corrected chi connectivity index (χ2v) is 5.68. The van der Waals surface area contributed by atoms with E-state index in [1.165, 1.54) is 18.8 Å². The van der Waals surface area contributed by atoms with Gasteiger partial charge in [0.2, 0.25) is 0 Å². The van der Waals surface area contributed by atoms with Crippen molar-refractivity contribution in [3.8, 4) is 0 Å². The van der Waals surface area contributed by atoms with Gasteiger partial charge in [0, 0.05) is 11.5 Å². The van der Waals surface area contributed by atoms with E-state index < -0.39 is 0 Å². The Hall–Kier alpha value is -1.87. The van der Waals surface area contributed by atoms with Crippen LogP contribution in [0.1, 0.15) is 25.8 Å². The van der Waals surface area contributed by atoms with Crippen molar-refractivity contribution >= 4 is 5.97 Å². The van der Waals surface area contributed by atoms with Crippen molar-refractivity contribution < 1.29 is 14.3 Å². The number of carbonyl (C=O) groups is 1. The van der Waals surface area contributed by atoms with E-state index in [0.717, 1.165) is 12.0 Å². The lowest BCUT2D eigenvalue weighted by Gasteiger charge is -2.24. The van der Waals surface area contributed by atoms with Gasteiger partial charge in [0.15, 0.2) is 0 Å². The predicted molar refractivity (Wildman–Crippen MR) is 83.1 cm³/mol. The molecular weight excluding hydrogens is 264 g/mol. The van der Waals surface area contributed by atoms with Crippen molar-refractivity contribution in [2.75, 3.05) is 13.7 Å². The smallest absolute Gasteiger partial charge is 0.330 e. The SMILES string of the molecule is COC(=O)/C=C/[C@@]1(c2ccccc2)CO[C@H](C=C(C)C)C1. The van der Waals surface area contributed by atoms with Gasteiger partial charge in [-0.25, -0.2) is 4.79 Å². The molecular formula is C18H22O3. The molecule has 0 aromatic heterocycles. The van der Waals surface area contributed by atoms with E-state index in [1.807, 2.05) is 24.3 Å². The van der Waals surface area contributed by atoms with E-state index >= 15 is 0 Å². The number of rotatable bonds is 4. The van der Waals surface area contributed by atoms with Crippen molar-refractivity contribution in [1.29, 1.82) is 0 Å². The number of benzene rings is 1. The van der Waals surface area contributed by atoms with Crippen LogP contribution in [-0.2, 0) is 19.7 Å².